The molecule has 2 atom stereocenters. The molecule has 88 valence electrons. The van der Waals surface area contributed by atoms with Crippen LogP contribution >= 0.6 is 0 Å². The number of nitrogens with two attached hydrogens (primary N) is 1. The lowest BCUT2D eigenvalue weighted by Crippen LogP contribution is -2.26. The van der Waals surface area contributed by atoms with E-state index >= 15 is 0 Å². The molecular formula is C12H15F2NO. The zero-order valence-electron chi connectivity index (χ0n) is 9.17. The molecule has 0 bridgehead atoms. The van der Waals surface area contributed by atoms with E-state index in [0.29, 0.717) is 17.7 Å². The van der Waals surface area contributed by atoms with E-state index in [4.69, 9.17) is 10.5 Å². The summed E-state index contributed by atoms with van der Waals surface area (Å²) in [6.45, 7) is 2.26. The number of halogens is 2. The first kappa shape index (κ1) is 11.5. The smallest absolute Gasteiger partial charge is 0.131 e. The third-order valence-electron chi connectivity index (χ3n) is 3.00. The quantitative estimate of drug-likeness (QED) is 0.842. The van der Waals surface area contributed by atoms with Crippen molar-refractivity contribution in [1.29, 1.82) is 0 Å². The highest BCUT2D eigenvalue weighted by Crippen LogP contribution is 2.27. The highest BCUT2D eigenvalue weighted by molar-refractivity contribution is 5.28. The van der Waals surface area contributed by atoms with Crippen molar-refractivity contribution < 1.29 is 13.5 Å². The Morgan fingerprint density at radius 3 is 2.75 bits per heavy atom. The molecule has 1 fully saturated rings. The third-order valence-corrected chi connectivity index (χ3v) is 3.00. The Labute approximate surface area is 93.4 Å². The Kier molecular flexibility index (Phi) is 3.21. The van der Waals surface area contributed by atoms with Crippen LogP contribution < -0.4 is 5.73 Å². The van der Waals surface area contributed by atoms with Gasteiger partial charge in [-0.05, 0) is 31.4 Å². The Morgan fingerprint density at radius 1 is 1.38 bits per heavy atom. The molecule has 2 nitrogen and oxygen atoms in total. The minimum Gasteiger partial charge on any atom is -0.376 e. The number of rotatable bonds is 2. The van der Waals surface area contributed by atoms with Gasteiger partial charge in [-0.15, -0.1) is 0 Å². The average molecular weight is 227 g/mol. The molecule has 1 saturated heterocycles. The van der Waals surface area contributed by atoms with Crippen LogP contribution in [0.3, 0.4) is 0 Å². The second-order valence-corrected chi connectivity index (χ2v) is 4.20. The molecule has 0 saturated carbocycles. The number of hydrogen-bond donors (Lipinski definition) is 1. The lowest BCUT2D eigenvalue weighted by atomic mass is 9.98. The SMILES string of the molecule is Cc1cc(C(N)C2CCCO2)c(F)cc1F. The van der Waals surface area contributed by atoms with Crippen LogP contribution in [-0.4, -0.2) is 12.7 Å². The largest absolute Gasteiger partial charge is 0.376 e. The van der Waals surface area contributed by atoms with E-state index in [1.807, 2.05) is 0 Å². The van der Waals surface area contributed by atoms with E-state index in [1.54, 1.807) is 6.92 Å². The van der Waals surface area contributed by atoms with Crippen molar-refractivity contribution in [3.63, 3.8) is 0 Å². The fourth-order valence-electron chi connectivity index (χ4n) is 2.02. The lowest BCUT2D eigenvalue weighted by Gasteiger charge is -2.20. The molecule has 1 aromatic rings. The summed E-state index contributed by atoms with van der Waals surface area (Å²) >= 11 is 0. The van der Waals surface area contributed by atoms with Gasteiger partial charge in [-0.3, -0.25) is 0 Å². The Hall–Kier alpha value is -1.00. The van der Waals surface area contributed by atoms with Gasteiger partial charge in [-0.1, -0.05) is 0 Å². The number of benzene rings is 1. The van der Waals surface area contributed by atoms with Crippen molar-refractivity contribution in [3.05, 3.63) is 34.9 Å². The van der Waals surface area contributed by atoms with Crippen molar-refractivity contribution in [2.24, 2.45) is 5.73 Å². The van der Waals surface area contributed by atoms with E-state index in [9.17, 15) is 8.78 Å². The van der Waals surface area contributed by atoms with E-state index in [-0.39, 0.29) is 6.10 Å². The van der Waals surface area contributed by atoms with Gasteiger partial charge in [-0.25, -0.2) is 8.78 Å². The molecular weight excluding hydrogens is 212 g/mol. The molecule has 2 rings (SSSR count). The van der Waals surface area contributed by atoms with Gasteiger partial charge in [-0.2, -0.15) is 0 Å². The summed E-state index contributed by atoms with van der Waals surface area (Å²) in [6, 6.07) is 1.85. The molecule has 16 heavy (non-hydrogen) atoms. The number of aryl methyl sites for hydroxylation is 1. The Balaban J connectivity index is 2.28. The summed E-state index contributed by atoms with van der Waals surface area (Å²) in [5.74, 6) is -1.13. The van der Waals surface area contributed by atoms with Crippen LogP contribution in [-0.2, 0) is 4.74 Å². The molecule has 1 aromatic carbocycles. The zero-order valence-corrected chi connectivity index (χ0v) is 9.17. The Bertz CT molecular complexity index is 389. The Morgan fingerprint density at radius 2 is 2.12 bits per heavy atom. The zero-order chi connectivity index (χ0) is 11.7. The van der Waals surface area contributed by atoms with Crippen molar-refractivity contribution >= 4 is 0 Å². The molecule has 0 spiro atoms. The standard InChI is InChI=1S/C12H15F2NO/c1-7-5-8(10(14)6-9(7)13)12(15)11-3-2-4-16-11/h5-6,11-12H,2-4,15H2,1H3. The fraction of sp³-hybridized carbons (Fsp3) is 0.500. The van der Waals surface area contributed by atoms with E-state index in [1.165, 1.54) is 6.07 Å². The molecule has 0 radical (unpaired) electrons. The van der Waals surface area contributed by atoms with Gasteiger partial charge in [0.05, 0.1) is 12.1 Å². The highest BCUT2D eigenvalue weighted by Gasteiger charge is 2.26. The molecule has 2 unspecified atom stereocenters. The number of ether oxygens (including phenoxy) is 1. The summed E-state index contributed by atoms with van der Waals surface area (Å²) in [5, 5.41) is 0. The van der Waals surface area contributed by atoms with Crippen LogP contribution in [0.25, 0.3) is 0 Å². The van der Waals surface area contributed by atoms with Gasteiger partial charge in [0.1, 0.15) is 11.6 Å². The van der Waals surface area contributed by atoms with Crippen molar-refractivity contribution in [2.75, 3.05) is 6.61 Å². The van der Waals surface area contributed by atoms with Crippen molar-refractivity contribution in [2.45, 2.75) is 31.9 Å². The van der Waals surface area contributed by atoms with Gasteiger partial charge in [0.25, 0.3) is 0 Å². The first-order valence-corrected chi connectivity index (χ1v) is 5.42. The molecule has 0 amide bonds. The van der Waals surface area contributed by atoms with Crippen LogP contribution in [0.4, 0.5) is 8.78 Å². The van der Waals surface area contributed by atoms with Gasteiger partial charge in [0.15, 0.2) is 0 Å². The molecule has 0 aliphatic carbocycles. The van der Waals surface area contributed by atoms with Gasteiger partial charge >= 0.3 is 0 Å². The van der Waals surface area contributed by atoms with Gasteiger partial charge in [0, 0.05) is 18.2 Å². The van der Waals surface area contributed by atoms with Crippen molar-refractivity contribution in [3.8, 4) is 0 Å². The van der Waals surface area contributed by atoms with Crippen LogP contribution in [0.15, 0.2) is 12.1 Å². The second kappa shape index (κ2) is 4.47. The van der Waals surface area contributed by atoms with Crippen LogP contribution in [0.1, 0.15) is 30.0 Å². The summed E-state index contributed by atoms with van der Waals surface area (Å²) in [6.07, 6.45) is 1.62. The minimum absolute atomic E-state index is 0.153. The fourth-order valence-corrected chi connectivity index (χ4v) is 2.02. The topological polar surface area (TPSA) is 35.2 Å². The maximum absolute atomic E-state index is 13.6. The molecule has 1 aliphatic rings. The van der Waals surface area contributed by atoms with E-state index in [2.05, 4.69) is 0 Å². The van der Waals surface area contributed by atoms with E-state index < -0.39 is 17.7 Å². The maximum atomic E-state index is 13.6. The van der Waals surface area contributed by atoms with Crippen LogP contribution in [0.5, 0.6) is 0 Å². The highest BCUT2D eigenvalue weighted by atomic mass is 19.1. The second-order valence-electron chi connectivity index (χ2n) is 4.20. The maximum Gasteiger partial charge on any atom is 0.131 e. The van der Waals surface area contributed by atoms with Crippen LogP contribution in [0.2, 0.25) is 0 Å². The van der Waals surface area contributed by atoms with Crippen LogP contribution in [0, 0.1) is 18.6 Å². The van der Waals surface area contributed by atoms with E-state index in [0.717, 1.165) is 18.9 Å². The van der Waals surface area contributed by atoms with Gasteiger partial charge < -0.3 is 10.5 Å². The average Bonchev–Trinajstić information content (AvgIpc) is 2.75. The normalized spacial score (nSPS) is 22.4. The summed E-state index contributed by atoms with van der Waals surface area (Å²) < 4.78 is 32.1. The molecule has 2 N–H and O–H groups in total. The summed E-state index contributed by atoms with van der Waals surface area (Å²) in [4.78, 5) is 0. The van der Waals surface area contributed by atoms with Crippen molar-refractivity contribution in [1.82, 2.24) is 0 Å². The monoisotopic (exact) mass is 227 g/mol. The minimum atomic E-state index is -0.592. The molecule has 0 aromatic heterocycles. The number of hydrogen-bond acceptors (Lipinski definition) is 2. The summed E-state index contributed by atoms with van der Waals surface area (Å²) in [5.41, 5.74) is 6.68. The predicted octanol–water partition coefficient (Wildman–Crippen LogP) is 2.45. The van der Waals surface area contributed by atoms with Gasteiger partial charge in [0.2, 0.25) is 0 Å². The molecule has 1 aliphatic heterocycles. The molecule has 1 heterocycles. The third kappa shape index (κ3) is 2.08. The first-order chi connectivity index (χ1) is 7.59. The predicted molar refractivity (Wildman–Crippen MR) is 57.0 cm³/mol. The molecule has 4 heteroatoms. The first-order valence-electron chi connectivity index (χ1n) is 5.42. The summed E-state index contributed by atoms with van der Waals surface area (Å²) in [7, 11) is 0. The lowest BCUT2D eigenvalue weighted by molar-refractivity contribution is 0.0890.